The van der Waals surface area contributed by atoms with Crippen LogP contribution in [0.2, 0.25) is 0 Å². The van der Waals surface area contributed by atoms with E-state index in [9.17, 15) is 9.18 Å². The maximum atomic E-state index is 13.3. The molecule has 0 saturated carbocycles. The molecule has 0 aliphatic carbocycles. The summed E-state index contributed by atoms with van der Waals surface area (Å²) >= 11 is 0. The van der Waals surface area contributed by atoms with Crippen molar-refractivity contribution in [2.75, 3.05) is 0 Å². The first-order valence-corrected chi connectivity index (χ1v) is 5.63. The molecule has 1 rings (SSSR count). The van der Waals surface area contributed by atoms with Crippen molar-refractivity contribution in [3.63, 3.8) is 0 Å². The summed E-state index contributed by atoms with van der Waals surface area (Å²) in [5.74, 6) is -1.16. The van der Waals surface area contributed by atoms with Crippen LogP contribution in [-0.4, -0.2) is 17.1 Å². The molecule has 2 N–H and O–H groups in total. The van der Waals surface area contributed by atoms with Gasteiger partial charge in [-0.25, -0.2) is 4.39 Å². The van der Waals surface area contributed by atoms with Gasteiger partial charge >= 0.3 is 5.97 Å². The van der Waals surface area contributed by atoms with Crippen molar-refractivity contribution in [1.29, 1.82) is 0 Å². The monoisotopic (exact) mass is 239 g/mol. The van der Waals surface area contributed by atoms with Crippen molar-refractivity contribution >= 4 is 5.97 Å². The van der Waals surface area contributed by atoms with Crippen LogP contribution in [0.15, 0.2) is 18.2 Å². The van der Waals surface area contributed by atoms with Gasteiger partial charge in [0.05, 0.1) is 0 Å². The SMILES string of the molecule is Cc1ccc(CN[C@@H](C(=O)O)C(C)C)cc1F. The van der Waals surface area contributed by atoms with Crippen LogP contribution in [0, 0.1) is 18.7 Å². The molecule has 0 aliphatic heterocycles. The molecule has 94 valence electrons. The quantitative estimate of drug-likeness (QED) is 0.829. The molecule has 0 spiro atoms. The van der Waals surface area contributed by atoms with Gasteiger partial charge in [0, 0.05) is 6.54 Å². The highest BCUT2D eigenvalue weighted by atomic mass is 19.1. The van der Waals surface area contributed by atoms with Gasteiger partial charge in [0.1, 0.15) is 11.9 Å². The second-order valence-corrected chi connectivity index (χ2v) is 4.52. The molecular formula is C13H18FNO2. The van der Waals surface area contributed by atoms with Crippen LogP contribution in [0.1, 0.15) is 25.0 Å². The molecule has 0 unspecified atom stereocenters. The van der Waals surface area contributed by atoms with E-state index in [1.807, 2.05) is 13.8 Å². The summed E-state index contributed by atoms with van der Waals surface area (Å²) in [6.45, 7) is 5.72. The van der Waals surface area contributed by atoms with Crippen LogP contribution in [-0.2, 0) is 11.3 Å². The zero-order valence-electron chi connectivity index (χ0n) is 10.3. The van der Waals surface area contributed by atoms with Gasteiger partial charge in [0.25, 0.3) is 0 Å². The normalized spacial score (nSPS) is 12.8. The van der Waals surface area contributed by atoms with Gasteiger partial charge in [0.2, 0.25) is 0 Å². The zero-order valence-corrected chi connectivity index (χ0v) is 10.3. The Morgan fingerprint density at radius 2 is 2.12 bits per heavy atom. The van der Waals surface area contributed by atoms with Crippen LogP contribution >= 0.6 is 0 Å². The topological polar surface area (TPSA) is 49.3 Å². The van der Waals surface area contributed by atoms with Crippen LogP contribution < -0.4 is 5.32 Å². The van der Waals surface area contributed by atoms with Gasteiger partial charge in [-0.1, -0.05) is 26.0 Å². The summed E-state index contributed by atoms with van der Waals surface area (Å²) < 4.78 is 13.3. The molecule has 0 fully saturated rings. The Bertz CT molecular complexity index is 404. The van der Waals surface area contributed by atoms with Crippen molar-refractivity contribution in [3.05, 3.63) is 35.1 Å². The van der Waals surface area contributed by atoms with Gasteiger partial charge < -0.3 is 10.4 Å². The van der Waals surface area contributed by atoms with E-state index in [0.29, 0.717) is 12.1 Å². The molecule has 1 aromatic rings. The average molecular weight is 239 g/mol. The number of carboxylic acids is 1. The number of carbonyl (C=O) groups is 1. The molecule has 1 atom stereocenters. The van der Waals surface area contributed by atoms with Crippen LogP contribution in [0.5, 0.6) is 0 Å². The Kier molecular flexibility index (Phi) is 4.63. The number of nitrogens with one attached hydrogen (secondary N) is 1. The lowest BCUT2D eigenvalue weighted by molar-refractivity contribution is -0.140. The first-order chi connectivity index (χ1) is 7.91. The Balaban J connectivity index is 2.65. The van der Waals surface area contributed by atoms with Gasteiger partial charge in [0.15, 0.2) is 0 Å². The van der Waals surface area contributed by atoms with Gasteiger partial charge in [-0.05, 0) is 30.0 Å². The number of aliphatic carboxylic acids is 1. The minimum atomic E-state index is -0.882. The molecule has 0 aromatic heterocycles. The van der Waals surface area contributed by atoms with E-state index in [0.717, 1.165) is 5.56 Å². The predicted octanol–water partition coefficient (Wildman–Crippen LogP) is 2.33. The standard InChI is InChI=1S/C13H18FNO2/c1-8(2)12(13(16)17)15-7-10-5-4-9(3)11(14)6-10/h4-6,8,12,15H,7H2,1-3H3,(H,16,17)/t12-/m1/s1. The highest BCUT2D eigenvalue weighted by Gasteiger charge is 2.20. The molecule has 0 amide bonds. The van der Waals surface area contributed by atoms with E-state index >= 15 is 0 Å². The smallest absolute Gasteiger partial charge is 0.320 e. The van der Waals surface area contributed by atoms with E-state index in [1.165, 1.54) is 6.07 Å². The van der Waals surface area contributed by atoms with Crippen LogP contribution in [0.4, 0.5) is 4.39 Å². The van der Waals surface area contributed by atoms with Crippen molar-refractivity contribution in [1.82, 2.24) is 5.32 Å². The lowest BCUT2D eigenvalue weighted by Gasteiger charge is -2.18. The second-order valence-electron chi connectivity index (χ2n) is 4.52. The maximum Gasteiger partial charge on any atom is 0.320 e. The lowest BCUT2D eigenvalue weighted by Crippen LogP contribution is -2.40. The molecular weight excluding hydrogens is 221 g/mol. The van der Waals surface area contributed by atoms with E-state index < -0.39 is 12.0 Å². The summed E-state index contributed by atoms with van der Waals surface area (Å²) in [6, 6.07) is 4.31. The highest BCUT2D eigenvalue weighted by Crippen LogP contribution is 2.10. The fourth-order valence-electron chi connectivity index (χ4n) is 1.58. The molecule has 0 heterocycles. The fourth-order valence-corrected chi connectivity index (χ4v) is 1.58. The molecule has 0 saturated heterocycles. The summed E-state index contributed by atoms with van der Waals surface area (Å²) in [5.41, 5.74) is 1.34. The second kappa shape index (κ2) is 5.77. The number of hydrogen-bond donors (Lipinski definition) is 2. The van der Waals surface area contributed by atoms with Crippen molar-refractivity contribution in [2.24, 2.45) is 5.92 Å². The van der Waals surface area contributed by atoms with Crippen molar-refractivity contribution in [3.8, 4) is 0 Å². The third-order valence-electron chi connectivity index (χ3n) is 2.70. The number of hydrogen-bond acceptors (Lipinski definition) is 2. The van der Waals surface area contributed by atoms with Crippen LogP contribution in [0.25, 0.3) is 0 Å². The summed E-state index contributed by atoms with van der Waals surface area (Å²) in [6.07, 6.45) is 0. The number of aryl methyl sites for hydroxylation is 1. The fraction of sp³-hybridized carbons (Fsp3) is 0.462. The average Bonchev–Trinajstić information content (AvgIpc) is 2.22. The third kappa shape index (κ3) is 3.82. The number of halogens is 1. The van der Waals surface area contributed by atoms with Crippen molar-refractivity contribution in [2.45, 2.75) is 33.4 Å². The molecule has 0 aliphatic rings. The zero-order chi connectivity index (χ0) is 13.0. The summed E-state index contributed by atoms with van der Waals surface area (Å²) in [7, 11) is 0. The molecule has 0 radical (unpaired) electrons. The molecule has 0 bridgehead atoms. The first kappa shape index (κ1) is 13.6. The van der Waals surface area contributed by atoms with Gasteiger partial charge in [-0.2, -0.15) is 0 Å². The molecule has 1 aromatic carbocycles. The minimum absolute atomic E-state index is 0.0113. The maximum absolute atomic E-state index is 13.3. The Hall–Kier alpha value is -1.42. The van der Waals surface area contributed by atoms with Crippen LogP contribution in [0.3, 0.4) is 0 Å². The van der Waals surface area contributed by atoms with E-state index in [4.69, 9.17) is 5.11 Å². The Morgan fingerprint density at radius 1 is 1.47 bits per heavy atom. The van der Waals surface area contributed by atoms with Crippen molar-refractivity contribution < 1.29 is 14.3 Å². The lowest BCUT2D eigenvalue weighted by atomic mass is 10.0. The van der Waals surface area contributed by atoms with E-state index in [2.05, 4.69) is 5.32 Å². The Labute approximate surface area is 101 Å². The highest BCUT2D eigenvalue weighted by molar-refractivity contribution is 5.73. The summed E-state index contributed by atoms with van der Waals surface area (Å²) in [5, 5.41) is 11.9. The number of rotatable bonds is 5. The number of benzene rings is 1. The molecule has 17 heavy (non-hydrogen) atoms. The largest absolute Gasteiger partial charge is 0.480 e. The summed E-state index contributed by atoms with van der Waals surface area (Å²) in [4.78, 5) is 10.9. The third-order valence-corrected chi connectivity index (χ3v) is 2.70. The van der Waals surface area contributed by atoms with E-state index in [1.54, 1.807) is 19.1 Å². The molecule has 3 nitrogen and oxygen atoms in total. The minimum Gasteiger partial charge on any atom is -0.480 e. The number of carboxylic acid groups (broad SMARTS) is 1. The molecule has 4 heteroatoms. The van der Waals surface area contributed by atoms with Gasteiger partial charge in [-0.3, -0.25) is 4.79 Å². The Morgan fingerprint density at radius 3 is 2.59 bits per heavy atom. The predicted molar refractivity (Wildman–Crippen MR) is 64.2 cm³/mol. The van der Waals surface area contributed by atoms with Gasteiger partial charge in [-0.15, -0.1) is 0 Å². The first-order valence-electron chi connectivity index (χ1n) is 5.63. The van der Waals surface area contributed by atoms with E-state index in [-0.39, 0.29) is 11.7 Å².